The Labute approximate surface area is 107 Å². The van der Waals surface area contributed by atoms with Gasteiger partial charge in [0.1, 0.15) is 5.82 Å². The minimum Gasteiger partial charge on any atom is -0.330 e. The van der Waals surface area contributed by atoms with Gasteiger partial charge in [0.15, 0.2) is 0 Å². The van der Waals surface area contributed by atoms with Crippen molar-refractivity contribution >= 4 is 22.6 Å². The number of halogens is 1. The minimum absolute atomic E-state index is 0.320. The Kier molecular flexibility index (Phi) is 3.69. The van der Waals surface area contributed by atoms with Crippen LogP contribution in [0.5, 0.6) is 0 Å². The first-order valence-electron chi connectivity index (χ1n) is 6.07. The van der Waals surface area contributed by atoms with Crippen molar-refractivity contribution in [2.45, 2.75) is 32.7 Å². The number of nitrogens with zero attached hydrogens (tertiary/aromatic N) is 2. The molecule has 0 aliphatic rings. The van der Waals surface area contributed by atoms with Crippen LogP contribution in [-0.4, -0.2) is 16.1 Å². The molecule has 0 saturated heterocycles. The molecule has 2 rings (SSSR count). The summed E-state index contributed by atoms with van der Waals surface area (Å²) in [5, 5.41) is 0.749. The lowest BCUT2D eigenvalue weighted by atomic mass is 10.1. The summed E-state index contributed by atoms with van der Waals surface area (Å²) in [5.41, 5.74) is 7.91. The van der Waals surface area contributed by atoms with Crippen LogP contribution in [0.25, 0.3) is 11.0 Å². The van der Waals surface area contributed by atoms with Crippen LogP contribution in [0.4, 0.5) is 0 Å². The molecular formula is C13H18ClN3. The van der Waals surface area contributed by atoms with Gasteiger partial charge in [-0.15, -0.1) is 0 Å². The molecule has 0 saturated carbocycles. The molecule has 2 N–H and O–H groups in total. The molecule has 0 amide bonds. The Morgan fingerprint density at radius 3 is 2.76 bits per heavy atom. The van der Waals surface area contributed by atoms with Gasteiger partial charge in [-0.3, -0.25) is 0 Å². The standard InChI is InChI=1S/C13H18ClN3/c1-3-9(8-15)13-16-11-6-5-10(14)7-12(11)17(13)4-2/h5-7,9H,3-4,8,15H2,1-2H3. The highest BCUT2D eigenvalue weighted by Crippen LogP contribution is 2.25. The predicted octanol–water partition coefficient (Wildman–Crippen LogP) is 3.16. The molecule has 1 aromatic carbocycles. The maximum absolute atomic E-state index is 6.04. The second-order valence-corrected chi connectivity index (χ2v) is 4.62. The molecular weight excluding hydrogens is 234 g/mol. The summed E-state index contributed by atoms with van der Waals surface area (Å²) in [6.45, 7) is 5.79. The van der Waals surface area contributed by atoms with Crippen LogP contribution >= 0.6 is 11.6 Å². The third kappa shape index (κ3) is 2.17. The van der Waals surface area contributed by atoms with E-state index in [4.69, 9.17) is 22.3 Å². The smallest absolute Gasteiger partial charge is 0.114 e. The van der Waals surface area contributed by atoms with Gasteiger partial charge in [-0.2, -0.15) is 0 Å². The zero-order valence-corrected chi connectivity index (χ0v) is 11.0. The van der Waals surface area contributed by atoms with Crippen LogP contribution in [0, 0.1) is 0 Å². The molecule has 0 aliphatic heterocycles. The van der Waals surface area contributed by atoms with E-state index in [0.717, 1.165) is 34.8 Å². The molecule has 0 spiro atoms. The molecule has 17 heavy (non-hydrogen) atoms. The Bertz CT molecular complexity index is 515. The topological polar surface area (TPSA) is 43.8 Å². The van der Waals surface area contributed by atoms with Crippen molar-refractivity contribution in [2.24, 2.45) is 5.73 Å². The van der Waals surface area contributed by atoms with Gasteiger partial charge in [0, 0.05) is 24.0 Å². The summed E-state index contributed by atoms with van der Waals surface area (Å²) in [4.78, 5) is 4.69. The SMILES string of the molecule is CCC(CN)c1nc2ccc(Cl)cc2n1CC. The summed E-state index contributed by atoms with van der Waals surface area (Å²) in [7, 11) is 0. The van der Waals surface area contributed by atoms with E-state index in [1.165, 1.54) is 0 Å². The van der Waals surface area contributed by atoms with Crippen LogP contribution in [-0.2, 0) is 6.54 Å². The summed E-state index contributed by atoms with van der Waals surface area (Å²) in [6, 6.07) is 5.82. The third-order valence-corrected chi connectivity index (χ3v) is 3.43. The van der Waals surface area contributed by atoms with E-state index in [-0.39, 0.29) is 0 Å². The van der Waals surface area contributed by atoms with Gasteiger partial charge in [-0.1, -0.05) is 18.5 Å². The number of aromatic nitrogens is 2. The Morgan fingerprint density at radius 1 is 1.41 bits per heavy atom. The molecule has 4 heteroatoms. The zero-order valence-electron chi connectivity index (χ0n) is 10.3. The van der Waals surface area contributed by atoms with Gasteiger partial charge < -0.3 is 10.3 Å². The quantitative estimate of drug-likeness (QED) is 0.907. The van der Waals surface area contributed by atoms with Gasteiger partial charge >= 0.3 is 0 Å². The molecule has 2 aromatic rings. The fraction of sp³-hybridized carbons (Fsp3) is 0.462. The van der Waals surface area contributed by atoms with Crippen molar-refractivity contribution in [2.75, 3.05) is 6.54 Å². The minimum atomic E-state index is 0.320. The number of hydrogen-bond acceptors (Lipinski definition) is 2. The van der Waals surface area contributed by atoms with Gasteiger partial charge in [-0.05, 0) is 31.5 Å². The van der Waals surface area contributed by atoms with Gasteiger partial charge in [0.2, 0.25) is 0 Å². The number of imidazole rings is 1. The molecule has 0 radical (unpaired) electrons. The molecule has 3 nitrogen and oxygen atoms in total. The van der Waals surface area contributed by atoms with E-state index < -0.39 is 0 Å². The molecule has 1 aromatic heterocycles. The molecule has 1 atom stereocenters. The third-order valence-electron chi connectivity index (χ3n) is 3.20. The fourth-order valence-corrected chi connectivity index (χ4v) is 2.38. The first-order chi connectivity index (χ1) is 8.21. The zero-order chi connectivity index (χ0) is 12.4. The van der Waals surface area contributed by atoms with Crippen molar-refractivity contribution in [1.82, 2.24) is 9.55 Å². The highest BCUT2D eigenvalue weighted by molar-refractivity contribution is 6.31. The van der Waals surface area contributed by atoms with Crippen LogP contribution in [0.2, 0.25) is 5.02 Å². The molecule has 0 fully saturated rings. The van der Waals surface area contributed by atoms with Gasteiger partial charge in [0.25, 0.3) is 0 Å². The lowest BCUT2D eigenvalue weighted by Gasteiger charge is -2.13. The fourth-order valence-electron chi connectivity index (χ4n) is 2.21. The number of rotatable bonds is 4. The predicted molar refractivity (Wildman–Crippen MR) is 72.5 cm³/mol. The van der Waals surface area contributed by atoms with Crippen molar-refractivity contribution in [1.29, 1.82) is 0 Å². The maximum Gasteiger partial charge on any atom is 0.114 e. The van der Waals surface area contributed by atoms with E-state index in [1.54, 1.807) is 0 Å². The average molecular weight is 252 g/mol. The Balaban J connectivity index is 2.63. The van der Waals surface area contributed by atoms with Crippen molar-refractivity contribution < 1.29 is 0 Å². The first kappa shape index (κ1) is 12.4. The number of benzene rings is 1. The maximum atomic E-state index is 6.04. The highest BCUT2D eigenvalue weighted by Gasteiger charge is 2.16. The second-order valence-electron chi connectivity index (χ2n) is 4.19. The van der Waals surface area contributed by atoms with Crippen LogP contribution in [0.15, 0.2) is 18.2 Å². The molecule has 92 valence electrons. The monoisotopic (exact) mass is 251 g/mol. The second kappa shape index (κ2) is 5.07. The molecule has 0 aliphatic carbocycles. The Morgan fingerprint density at radius 2 is 2.18 bits per heavy atom. The summed E-state index contributed by atoms with van der Waals surface area (Å²) >= 11 is 6.04. The number of fused-ring (bicyclic) bond motifs is 1. The van der Waals surface area contributed by atoms with Crippen LogP contribution in [0.3, 0.4) is 0 Å². The number of aryl methyl sites for hydroxylation is 1. The largest absolute Gasteiger partial charge is 0.330 e. The average Bonchev–Trinajstić information content (AvgIpc) is 2.68. The summed E-state index contributed by atoms with van der Waals surface area (Å²) in [6.07, 6.45) is 1.01. The van der Waals surface area contributed by atoms with E-state index in [0.29, 0.717) is 12.5 Å². The first-order valence-corrected chi connectivity index (χ1v) is 6.44. The van der Waals surface area contributed by atoms with Gasteiger partial charge in [-0.25, -0.2) is 4.98 Å². The molecule has 1 heterocycles. The van der Waals surface area contributed by atoms with Crippen molar-refractivity contribution in [3.63, 3.8) is 0 Å². The van der Waals surface area contributed by atoms with Crippen molar-refractivity contribution in [3.8, 4) is 0 Å². The lowest BCUT2D eigenvalue weighted by Crippen LogP contribution is -2.16. The van der Waals surface area contributed by atoms with E-state index >= 15 is 0 Å². The summed E-state index contributed by atoms with van der Waals surface area (Å²) in [5.74, 6) is 1.40. The van der Waals surface area contributed by atoms with Crippen molar-refractivity contribution in [3.05, 3.63) is 29.0 Å². The summed E-state index contributed by atoms with van der Waals surface area (Å²) < 4.78 is 2.21. The van der Waals surface area contributed by atoms with Crippen LogP contribution in [0.1, 0.15) is 32.0 Å². The van der Waals surface area contributed by atoms with Crippen LogP contribution < -0.4 is 5.73 Å². The van der Waals surface area contributed by atoms with E-state index in [2.05, 4.69) is 18.4 Å². The Hall–Kier alpha value is -1.06. The highest BCUT2D eigenvalue weighted by atomic mass is 35.5. The van der Waals surface area contributed by atoms with E-state index in [1.807, 2.05) is 18.2 Å². The molecule has 1 unspecified atom stereocenters. The van der Waals surface area contributed by atoms with E-state index in [9.17, 15) is 0 Å². The number of nitrogens with two attached hydrogens (primary N) is 1. The molecule has 0 bridgehead atoms. The normalized spacial score (nSPS) is 13.2. The number of hydrogen-bond donors (Lipinski definition) is 1. The lowest BCUT2D eigenvalue weighted by molar-refractivity contribution is 0.586. The van der Waals surface area contributed by atoms with Gasteiger partial charge in [0.05, 0.1) is 11.0 Å².